The number of rotatable bonds is 13. The Morgan fingerprint density at radius 1 is 0.731 bits per heavy atom. The third-order valence-corrected chi connectivity index (χ3v) is 5.12. The Morgan fingerprint density at radius 3 is 1.65 bits per heavy atom. The van der Waals surface area contributed by atoms with E-state index in [0.29, 0.717) is 12.8 Å². The first-order valence-corrected chi connectivity index (χ1v) is 11.5. The minimum absolute atomic E-state index is 0.149. The van der Waals surface area contributed by atoms with Crippen LogP contribution in [0.5, 0.6) is 0 Å². The lowest BCUT2D eigenvalue weighted by Gasteiger charge is -2.13. The molecule has 0 N–H and O–H groups in total. The van der Waals surface area contributed by atoms with Crippen LogP contribution in [0.25, 0.3) is 0 Å². The Labute approximate surface area is 173 Å². The van der Waals surface area contributed by atoms with Gasteiger partial charge in [-0.05, 0) is 23.7 Å². The van der Waals surface area contributed by atoms with Gasteiger partial charge in [0.2, 0.25) is 0 Å². The highest BCUT2D eigenvalue weighted by atomic mass is 127. The fourth-order valence-electron chi connectivity index (χ4n) is 2.23. The average molecular weight is 522 g/mol. The Morgan fingerprint density at radius 2 is 1.19 bits per heavy atom. The van der Waals surface area contributed by atoms with Crippen molar-refractivity contribution in [1.82, 2.24) is 0 Å². The standard InChI is InChI=1S/C9H16F3I.C9H17F3S/c10-9(11,12)7-5-3-1-2-4-6-8-13;1-2-3-4-5-6-7-8(13)9(10,11)12/h1-8H2;8,13H,2-7H2,1H3. The smallest absolute Gasteiger partial charge is 0.171 e. The molecule has 0 saturated carbocycles. The normalized spacial score (nSPS) is 13.3. The highest BCUT2D eigenvalue weighted by Gasteiger charge is 2.36. The largest absolute Gasteiger partial charge is 0.400 e. The van der Waals surface area contributed by atoms with Crippen LogP contribution in [-0.4, -0.2) is 22.0 Å². The third kappa shape index (κ3) is 24.7. The third-order valence-electron chi connectivity index (χ3n) is 3.80. The molecule has 0 aliphatic rings. The summed E-state index contributed by atoms with van der Waals surface area (Å²) in [5.41, 5.74) is 0. The lowest BCUT2D eigenvalue weighted by Crippen LogP contribution is -2.23. The molecule has 160 valence electrons. The van der Waals surface area contributed by atoms with E-state index in [1.54, 1.807) is 0 Å². The van der Waals surface area contributed by atoms with Crippen molar-refractivity contribution in [2.45, 2.75) is 108 Å². The molecule has 0 heterocycles. The van der Waals surface area contributed by atoms with Crippen molar-refractivity contribution in [3.05, 3.63) is 0 Å². The molecule has 0 fully saturated rings. The number of halogens is 7. The molecule has 0 radical (unpaired) electrons. The predicted octanol–water partition coefficient (Wildman–Crippen LogP) is 8.92. The summed E-state index contributed by atoms with van der Waals surface area (Å²) in [5.74, 6) is 0. The van der Waals surface area contributed by atoms with Crippen molar-refractivity contribution >= 4 is 35.2 Å². The van der Waals surface area contributed by atoms with Crippen LogP contribution in [0.15, 0.2) is 0 Å². The maximum atomic E-state index is 11.9. The van der Waals surface area contributed by atoms with Crippen LogP contribution in [-0.2, 0) is 0 Å². The minimum Gasteiger partial charge on any atom is -0.171 e. The quantitative estimate of drug-likeness (QED) is 0.0807. The van der Waals surface area contributed by atoms with E-state index in [0.717, 1.165) is 55.8 Å². The van der Waals surface area contributed by atoms with Gasteiger partial charge in [0.15, 0.2) is 0 Å². The van der Waals surface area contributed by atoms with Crippen molar-refractivity contribution in [2.24, 2.45) is 0 Å². The van der Waals surface area contributed by atoms with Crippen molar-refractivity contribution in [1.29, 1.82) is 0 Å². The first kappa shape index (κ1) is 28.9. The number of alkyl halides is 7. The average Bonchev–Trinajstić information content (AvgIpc) is 2.52. The molecule has 1 atom stereocenters. The first-order chi connectivity index (χ1) is 12.0. The molecule has 1 unspecified atom stereocenters. The van der Waals surface area contributed by atoms with Gasteiger partial charge in [-0.3, -0.25) is 0 Å². The fraction of sp³-hybridized carbons (Fsp3) is 1.00. The second-order valence-corrected chi connectivity index (χ2v) is 8.14. The van der Waals surface area contributed by atoms with E-state index < -0.39 is 24.0 Å². The van der Waals surface area contributed by atoms with E-state index in [9.17, 15) is 26.3 Å². The Balaban J connectivity index is 0. The van der Waals surface area contributed by atoms with Crippen LogP contribution < -0.4 is 0 Å². The predicted molar refractivity (Wildman–Crippen MR) is 109 cm³/mol. The van der Waals surface area contributed by atoms with Crippen molar-refractivity contribution in [3.63, 3.8) is 0 Å². The van der Waals surface area contributed by atoms with E-state index >= 15 is 0 Å². The van der Waals surface area contributed by atoms with E-state index in [2.05, 4.69) is 42.1 Å². The fourth-order valence-corrected chi connectivity index (χ4v) is 2.95. The van der Waals surface area contributed by atoms with Gasteiger partial charge in [-0.15, -0.1) is 0 Å². The molecule has 0 aromatic heterocycles. The molecule has 0 amide bonds. The number of hydrogen-bond acceptors (Lipinski definition) is 1. The molecule has 0 spiro atoms. The second kappa shape index (κ2) is 17.7. The van der Waals surface area contributed by atoms with Crippen molar-refractivity contribution in [2.75, 3.05) is 4.43 Å². The molecule has 0 saturated heterocycles. The molecule has 0 aromatic rings. The summed E-state index contributed by atoms with van der Waals surface area (Å²) < 4.78 is 72.1. The molecule has 0 aliphatic heterocycles. The topological polar surface area (TPSA) is 0 Å². The Hall–Kier alpha value is 0.660. The molecular formula is C18H33F6IS. The summed E-state index contributed by atoms with van der Waals surface area (Å²) in [6.07, 6.45) is 1.65. The highest BCUT2D eigenvalue weighted by molar-refractivity contribution is 14.1. The zero-order valence-electron chi connectivity index (χ0n) is 15.6. The number of thiol groups is 1. The van der Waals surface area contributed by atoms with Gasteiger partial charge in [0.05, 0.1) is 5.25 Å². The zero-order chi connectivity index (χ0) is 20.5. The molecule has 0 rings (SSSR count). The van der Waals surface area contributed by atoms with E-state index in [-0.39, 0.29) is 6.42 Å². The van der Waals surface area contributed by atoms with Crippen LogP contribution in [0.3, 0.4) is 0 Å². The second-order valence-electron chi connectivity index (χ2n) is 6.44. The molecule has 0 nitrogen and oxygen atoms in total. The molecule has 26 heavy (non-hydrogen) atoms. The van der Waals surface area contributed by atoms with Gasteiger partial charge in [-0.25, -0.2) is 0 Å². The number of hydrogen-bond donors (Lipinski definition) is 1. The summed E-state index contributed by atoms with van der Waals surface area (Å²) in [5, 5.41) is -1.44. The lowest BCUT2D eigenvalue weighted by molar-refractivity contribution is -0.135. The summed E-state index contributed by atoms with van der Waals surface area (Å²) in [6.45, 7) is 2.08. The summed E-state index contributed by atoms with van der Waals surface area (Å²) in [4.78, 5) is 0. The Kier molecular flexibility index (Phi) is 19.7. The molecular weight excluding hydrogens is 489 g/mol. The summed E-state index contributed by atoms with van der Waals surface area (Å²) >= 11 is 5.83. The maximum Gasteiger partial charge on any atom is 0.400 e. The van der Waals surface area contributed by atoms with Gasteiger partial charge in [0.1, 0.15) is 0 Å². The van der Waals surface area contributed by atoms with Gasteiger partial charge in [-0.1, -0.05) is 87.3 Å². The number of unbranched alkanes of at least 4 members (excludes halogenated alkanes) is 9. The molecule has 0 aliphatic carbocycles. The Bertz CT molecular complexity index is 294. The molecule has 0 aromatic carbocycles. The van der Waals surface area contributed by atoms with Crippen LogP contribution >= 0.6 is 35.2 Å². The lowest BCUT2D eigenvalue weighted by atomic mass is 10.1. The van der Waals surface area contributed by atoms with Gasteiger partial charge < -0.3 is 0 Å². The minimum atomic E-state index is -4.13. The van der Waals surface area contributed by atoms with Gasteiger partial charge in [0, 0.05) is 6.42 Å². The highest BCUT2D eigenvalue weighted by Crippen LogP contribution is 2.28. The first-order valence-electron chi connectivity index (χ1n) is 9.42. The van der Waals surface area contributed by atoms with Crippen LogP contribution in [0.4, 0.5) is 26.3 Å². The van der Waals surface area contributed by atoms with Gasteiger partial charge in [0.25, 0.3) is 0 Å². The van der Waals surface area contributed by atoms with Gasteiger partial charge in [-0.2, -0.15) is 39.0 Å². The summed E-state index contributed by atoms with van der Waals surface area (Å²) in [7, 11) is 0. The van der Waals surface area contributed by atoms with E-state index in [4.69, 9.17) is 0 Å². The summed E-state index contributed by atoms with van der Waals surface area (Å²) in [6, 6.07) is 0. The van der Waals surface area contributed by atoms with Gasteiger partial charge >= 0.3 is 12.4 Å². The SMILES string of the molecule is CCCCCCCC(S)C(F)(F)F.FC(F)(F)CCCCCCCCI. The molecule has 0 bridgehead atoms. The van der Waals surface area contributed by atoms with E-state index in [1.165, 1.54) is 6.42 Å². The van der Waals surface area contributed by atoms with Crippen LogP contribution in [0.2, 0.25) is 0 Å². The monoisotopic (exact) mass is 522 g/mol. The molecule has 8 heteroatoms. The maximum absolute atomic E-state index is 11.9. The van der Waals surface area contributed by atoms with Crippen LogP contribution in [0, 0.1) is 0 Å². The van der Waals surface area contributed by atoms with Crippen LogP contribution in [0.1, 0.15) is 90.4 Å². The zero-order valence-corrected chi connectivity index (χ0v) is 18.6. The van der Waals surface area contributed by atoms with Crippen molar-refractivity contribution in [3.8, 4) is 0 Å². The van der Waals surface area contributed by atoms with Crippen molar-refractivity contribution < 1.29 is 26.3 Å². The van der Waals surface area contributed by atoms with E-state index in [1.807, 2.05) is 0 Å².